The molecule has 4 N–H and O–H groups in total. The third-order valence-electron chi connectivity index (χ3n) is 3.43. The summed E-state index contributed by atoms with van der Waals surface area (Å²) >= 11 is 0. The van der Waals surface area contributed by atoms with Crippen molar-refractivity contribution in [3.63, 3.8) is 0 Å². The Morgan fingerprint density at radius 2 is 1.90 bits per heavy atom. The Hall–Kier alpha value is -1.62. The fourth-order valence-corrected chi connectivity index (χ4v) is 2.01. The van der Waals surface area contributed by atoms with Crippen LogP contribution < -0.4 is 11.1 Å². The highest BCUT2D eigenvalue weighted by Gasteiger charge is 2.13. The van der Waals surface area contributed by atoms with Crippen LogP contribution in [0.4, 0.5) is 0 Å². The molecular weight excluding hydrogens is 288 g/mol. The van der Waals surface area contributed by atoms with E-state index in [9.17, 15) is 9.90 Å². The van der Waals surface area contributed by atoms with Crippen molar-refractivity contribution < 1.29 is 9.90 Å². The predicted molar refractivity (Wildman–Crippen MR) is 87.4 cm³/mol. The van der Waals surface area contributed by atoms with Crippen LogP contribution in [-0.4, -0.2) is 24.1 Å². The molecule has 5 heteroatoms. The fraction of sp³-hybridized carbons (Fsp3) is 0.312. The number of nitrogens with two attached hydrogens (primary N) is 1. The number of amides is 1. The van der Waals surface area contributed by atoms with Crippen LogP contribution in [0, 0.1) is 5.92 Å². The monoisotopic (exact) mass is 308 g/mol. The number of hydrogen-bond acceptors (Lipinski definition) is 3. The molecule has 114 valence electrons. The van der Waals surface area contributed by atoms with Gasteiger partial charge in [-0.1, -0.05) is 43.3 Å². The zero-order valence-electron chi connectivity index (χ0n) is 12.0. The minimum atomic E-state index is -0.714. The molecule has 21 heavy (non-hydrogen) atoms. The molecule has 2 rings (SSSR count). The van der Waals surface area contributed by atoms with E-state index in [4.69, 9.17) is 5.73 Å². The number of nitrogens with one attached hydrogen (secondary N) is 1. The average Bonchev–Trinajstić information content (AvgIpc) is 2.50. The lowest BCUT2D eigenvalue weighted by Crippen LogP contribution is -2.35. The molecule has 4 nitrogen and oxygen atoms in total. The van der Waals surface area contributed by atoms with Gasteiger partial charge in [0.15, 0.2) is 0 Å². The molecule has 0 bridgehead atoms. The number of carbonyl (C=O) groups excluding carboxylic acids is 1. The van der Waals surface area contributed by atoms with Crippen LogP contribution in [0.5, 0.6) is 0 Å². The molecule has 2 aromatic carbocycles. The van der Waals surface area contributed by atoms with Gasteiger partial charge in [-0.3, -0.25) is 4.79 Å². The van der Waals surface area contributed by atoms with Crippen molar-refractivity contribution in [3.05, 3.63) is 48.0 Å². The Morgan fingerprint density at radius 3 is 2.57 bits per heavy atom. The lowest BCUT2D eigenvalue weighted by atomic mass is 10.0. The van der Waals surface area contributed by atoms with Crippen LogP contribution in [0.25, 0.3) is 10.8 Å². The maximum Gasteiger partial charge on any atom is 0.224 e. The molecule has 0 saturated carbocycles. The first-order chi connectivity index (χ1) is 9.61. The van der Waals surface area contributed by atoms with Crippen LogP contribution in [0.2, 0.25) is 0 Å². The lowest BCUT2D eigenvalue weighted by molar-refractivity contribution is -0.124. The SMILES string of the molecule is CC(CN)C(=O)NCC(O)c1ccc2ccccc2c1.Cl. The molecular formula is C16H21ClN2O2. The second-order valence-corrected chi connectivity index (χ2v) is 5.00. The summed E-state index contributed by atoms with van der Waals surface area (Å²) in [5, 5.41) is 15.1. The second-order valence-electron chi connectivity index (χ2n) is 5.00. The quantitative estimate of drug-likeness (QED) is 0.791. The number of aliphatic hydroxyl groups is 1. The van der Waals surface area contributed by atoms with Gasteiger partial charge < -0.3 is 16.2 Å². The molecule has 0 saturated heterocycles. The van der Waals surface area contributed by atoms with Gasteiger partial charge in [0.05, 0.1) is 6.10 Å². The topological polar surface area (TPSA) is 75.4 Å². The van der Waals surface area contributed by atoms with Crippen LogP contribution in [-0.2, 0) is 4.79 Å². The number of rotatable bonds is 5. The normalized spacial score (nSPS) is 13.3. The Balaban J connectivity index is 0.00000220. The largest absolute Gasteiger partial charge is 0.387 e. The minimum Gasteiger partial charge on any atom is -0.387 e. The summed E-state index contributed by atoms with van der Waals surface area (Å²) in [4.78, 5) is 11.6. The maximum absolute atomic E-state index is 11.6. The van der Waals surface area contributed by atoms with Crippen LogP contribution in [0.1, 0.15) is 18.6 Å². The Morgan fingerprint density at radius 1 is 1.24 bits per heavy atom. The smallest absolute Gasteiger partial charge is 0.224 e. The van der Waals surface area contributed by atoms with E-state index < -0.39 is 6.10 Å². The van der Waals surface area contributed by atoms with Gasteiger partial charge in [-0.15, -0.1) is 12.4 Å². The zero-order chi connectivity index (χ0) is 14.5. The van der Waals surface area contributed by atoms with Gasteiger partial charge in [-0.2, -0.15) is 0 Å². The van der Waals surface area contributed by atoms with Gasteiger partial charge in [0.2, 0.25) is 5.91 Å². The minimum absolute atomic E-state index is 0. The zero-order valence-corrected chi connectivity index (χ0v) is 12.8. The van der Waals surface area contributed by atoms with E-state index in [1.54, 1.807) is 6.92 Å². The van der Waals surface area contributed by atoms with Crippen molar-refractivity contribution >= 4 is 29.1 Å². The number of benzene rings is 2. The highest BCUT2D eigenvalue weighted by Crippen LogP contribution is 2.20. The van der Waals surface area contributed by atoms with E-state index in [0.29, 0.717) is 6.54 Å². The third kappa shape index (κ3) is 4.43. The van der Waals surface area contributed by atoms with Gasteiger partial charge in [0, 0.05) is 19.0 Å². The first-order valence-electron chi connectivity index (χ1n) is 6.76. The van der Waals surface area contributed by atoms with E-state index >= 15 is 0 Å². The lowest BCUT2D eigenvalue weighted by Gasteiger charge is -2.15. The standard InChI is InChI=1S/C16H20N2O2.ClH/c1-11(9-17)16(20)18-10-15(19)14-7-6-12-4-2-3-5-13(12)8-14;/h2-8,11,15,19H,9-10,17H2,1H3,(H,18,20);1H. The highest BCUT2D eigenvalue weighted by atomic mass is 35.5. The van der Waals surface area contributed by atoms with E-state index in [1.807, 2.05) is 42.5 Å². The van der Waals surface area contributed by atoms with Crippen molar-refractivity contribution in [3.8, 4) is 0 Å². The molecule has 2 atom stereocenters. The Bertz CT molecular complexity index is 604. The molecule has 2 aromatic rings. The van der Waals surface area contributed by atoms with Crippen molar-refractivity contribution in [1.29, 1.82) is 0 Å². The van der Waals surface area contributed by atoms with Gasteiger partial charge >= 0.3 is 0 Å². The van der Waals surface area contributed by atoms with Crippen LogP contribution in [0.15, 0.2) is 42.5 Å². The van der Waals surface area contributed by atoms with Gasteiger partial charge in [0.1, 0.15) is 0 Å². The van der Waals surface area contributed by atoms with Crippen molar-refractivity contribution in [1.82, 2.24) is 5.32 Å². The van der Waals surface area contributed by atoms with Gasteiger partial charge in [-0.25, -0.2) is 0 Å². The summed E-state index contributed by atoms with van der Waals surface area (Å²) in [6, 6.07) is 13.8. The molecule has 0 fully saturated rings. The van der Waals surface area contributed by atoms with Crippen LogP contribution >= 0.6 is 12.4 Å². The Labute approximate surface area is 130 Å². The van der Waals surface area contributed by atoms with Crippen LogP contribution in [0.3, 0.4) is 0 Å². The molecule has 0 radical (unpaired) electrons. The van der Waals surface area contributed by atoms with Gasteiger partial charge in [0.25, 0.3) is 0 Å². The predicted octanol–water partition coefficient (Wildman–Crippen LogP) is 2.01. The summed E-state index contributed by atoms with van der Waals surface area (Å²) in [6.07, 6.45) is -0.714. The van der Waals surface area contributed by atoms with E-state index in [0.717, 1.165) is 16.3 Å². The molecule has 0 spiro atoms. The molecule has 1 amide bonds. The summed E-state index contributed by atoms with van der Waals surface area (Å²) in [7, 11) is 0. The summed E-state index contributed by atoms with van der Waals surface area (Å²) in [6.45, 7) is 2.26. The van der Waals surface area contributed by atoms with Crippen molar-refractivity contribution in [2.75, 3.05) is 13.1 Å². The number of aliphatic hydroxyl groups excluding tert-OH is 1. The first-order valence-corrected chi connectivity index (χ1v) is 6.76. The molecule has 0 aromatic heterocycles. The van der Waals surface area contributed by atoms with E-state index in [-0.39, 0.29) is 30.8 Å². The Kier molecular flexibility index (Phi) is 6.62. The van der Waals surface area contributed by atoms with Crippen molar-refractivity contribution in [2.45, 2.75) is 13.0 Å². The third-order valence-corrected chi connectivity index (χ3v) is 3.43. The molecule has 0 aliphatic heterocycles. The highest BCUT2D eigenvalue weighted by molar-refractivity contribution is 5.85. The maximum atomic E-state index is 11.6. The summed E-state index contributed by atoms with van der Waals surface area (Å²) in [5.41, 5.74) is 6.23. The van der Waals surface area contributed by atoms with E-state index in [2.05, 4.69) is 5.32 Å². The molecule has 0 heterocycles. The number of fused-ring (bicyclic) bond motifs is 1. The number of halogens is 1. The van der Waals surface area contributed by atoms with Gasteiger partial charge in [-0.05, 0) is 22.4 Å². The molecule has 0 aliphatic rings. The fourth-order valence-electron chi connectivity index (χ4n) is 2.01. The summed E-state index contributed by atoms with van der Waals surface area (Å²) in [5.74, 6) is -0.369. The van der Waals surface area contributed by atoms with Crippen molar-refractivity contribution in [2.24, 2.45) is 11.7 Å². The number of hydrogen-bond donors (Lipinski definition) is 3. The molecule has 0 aliphatic carbocycles. The van der Waals surface area contributed by atoms with E-state index in [1.165, 1.54) is 0 Å². The number of carbonyl (C=O) groups is 1. The summed E-state index contributed by atoms with van der Waals surface area (Å²) < 4.78 is 0. The first kappa shape index (κ1) is 17.4. The second kappa shape index (κ2) is 7.98. The average molecular weight is 309 g/mol. The molecule has 2 unspecified atom stereocenters.